The van der Waals surface area contributed by atoms with E-state index in [1.165, 1.54) is 16.7 Å². The average Bonchev–Trinajstić information content (AvgIpc) is 2.55. The van der Waals surface area contributed by atoms with Crippen molar-refractivity contribution >= 4 is 28.6 Å². The van der Waals surface area contributed by atoms with E-state index in [1.807, 2.05) is 29.3 Å². The van der Waals surface area contributed by atoms with E-state index >= 15 is 0 Å². The summed E-state index contributed by atoms with van der Waals surface area (Å²) in [6, 6.07) is 7.84. The van der Waals surface area contributed by atoms with E-state index in [0.29, 0.717) is 10.9 Å². The van der Waals surface area contributed by atoms with E-state index < -0.39 is 0 Å². The third-order valence-electron chi connectivity index (χ3n) is 3.70. The van der Waals surface area contributed by atoms with Crippen LogP contribution >= 0.6 is 11.8 Å². The molecule has 1 aliphatic rings. The van der Waals surface area contributed by atoms with Crippen molar-refractivity contribution in [3.05, 3.63) is 30.5 Å². The van der Waals surface area contributed by atoms with Crippen molar-refractivity contribution in [1.82, 2.24) is 20.4 Å². The predicted octanol–water partition coefficient (Wildman–Crippen LogP) is -0.417. The van der Waals surface area contributed by atoms with Crippen LogP contribution < -0.4 is 10.3 Å². The van der Waals surface area contributed by atoms with E-state index in [9.17, 15) is 4.79 Å². The second-order valence-electron chi connectivity index (χ2n) is 5.48. The molecule has 116 valence electrons. The van der Waals surface area contributed by atoms with Gasteiger partial charge in [0.15, 0.2) is 5.16 Å². The van der Waals surface area contributed by atoms with Crippen LogP contribution in [0.1, 0.15) is 0 Å². The zero-order chi connectivity index (χ0) is 15.4. The molecule has 0 aliphatic carbocycles. The molecular formula is C15H20N5OS+. The van der Waals surface area contributed by atoms with Crippen molar-refractivity contribution < 1.29 is 9.69 Å². The lowest BCUT2D eigenvalue weighted by Crippen LogP contribution is -3.12. The van der Waals surface area contributed by atoms with E-state index in [-0.39, 0.29) is 5.91 Å². The molecule has 7 heteroatoms. The van der Waals surface area contributed by atoms with E-state index in [0.717, 1.165) is 37.1 Å². The molecule has 2 N–H and O–H groups in total. The van der Waals surface area contributed by atoms with Crippen LogP contribution in [-0.2, 0) is 4.79 Å². The largest absolute Gasteiger partial charge is 0.335 e. The number of rotatable bonds is 4. The van der Waals surface area contributed by atoms with Crippen LogP contribution in [-0.4, -0.2) is 59.9 Å². The number of piperazine rings is 1. The Bertz CT molecular complexity index is 657. The summed E-state index contributed by atoms with van der Waals surface area (Å²) >= 11 is 1.37. The monoisotopic (exact) mass is 318 g/mol. The number of hydrazine groups is 1. The third-order valence-corrected chi connectivity index (χ3v) is 4.56. The number of aromatic nitrogens is 2. The Morgan fingerprint density at radius 2 is 2.14 bits per heavy atom. The summed E-state index contributed by atoms with van der Waals surface area (Å²) < 4.78 is 0. The quantitative estimate of drug-likeness (QED) is 0.592. The first kappa shape index (κ1) is 15.2. The van der Waals surface area contributed by atoms with Gasteiger partial charge in [0, 0.05) is 11.6 Å². The Morgan fingerprint density at radius 1 is 1.36 bits per heavy atom. The minimum Gasteiger partial charge on any atom is -0.335 e. The van der Waals surface area contributed by atoms with Crippen molar-refractivity contribution in [2.45, 2.75) is 5.16 Å². The first-order valence-electron chi connectivity index (χ1n) is 7.41. The standard InChI is InChI=1S/C15H19N5OS/c1-19-6-8-20(9-7-19)18-14(21)11-22-15-16-10-12-4-2-3-5-13(12)17-15/h2-5,10H,6-9,11H2,1H3,(H,18,21)/p+1. The maximum atomic E-state index is 12.0. The lowest BCUT2D eigenvalue weighted by Gasteiger charge is -2.29. The minimum atomic E-state index is 0.00121. The van der Waals surface area contributed by atoms with Crippen LogP contribution in [0.25, 0.3) is 10.9 Å². The Balaban J connectivity index is 1.51. The zero-order valence-corrected chi connectivity index (χ0v) is 13.4. The Hall–Kier alpha value is -1.70. The average molecular weight is 318 g/mol. The number of nitrogens with zero attached hydrogens (tertiary/aromatic N) is 3. The van der Waals surface area contributed by atoms with Gasteiger partial charge >= 0.3 is 0 Å². The molecule has 1 aromatic heterocycles. The maximum absolute atomic E-state index is 12.0. The van der Waals surface area contributed by atoms with Crippen molar-refractivity contribution in [1.29, 1.82) is 0 Å². The molecule has 2 aromatic rings. The molecule has 2 heterocycles. The van der Waals surface area contributed by atoms with Crippen LogP contribution in [0.3, 0.4) is 0 Å². The third kappa shape index (κ3) is 3.94. The van der Waals surface area contributed by atoms with Crippen molar-refractivity contribution in [2.75, 3.05) is 39.0 Å². The lowest BCUT2D eigenvalue weighted by molar-refractivity contribution is -0.884. The van der Waals surface area contributed by atoms with Gasteiger partial charge in [-0.3, -0.25) is 10.2 Å². The van der Waals surface area contributed by atoms with Gasteiger partial charge in [0.1, 0.15) is 0 Å². The smallest absolute Gasteiger partial charge is 0.244 e. The molecular weight excluding hydrogens is 298 g/mol. The Kier molecular flexibility index (Phi) is 4.87. The number of quaternary nitrogens is 1. The fourth-order valence-corrected chi connectivity index (χ4v) is 2.98. The van der Waals surface area contributed by atoms with Gasteiger partial charge in [0.2, 0.25) is 5.91 Å². The van der Waals surface area contributed by atoms with Gasteiger partial charge in [-0.2, -0.15) is 0 Å². The number of likely N-dealkylation sites (N-methyl/N-ethyl adjacent to an activating group) is 1. The maximum Gasteiger partial charge on any atom is 0.244 e. The number of fused-ring (bicyclic) bond motifs is 1. The highest BCUT2D eigenvalue weighted by Gasteiger charge is 2.18. The molecule has 1 aliphatic heterocycles. The number of nitrogens with one attached hydrogen (secondary N) is 2. The number of carbonyl (C=O) groups excluding carboxylic acids is 1. The highest BCUT2D eigenvalue weighted by molar-refractivity contribution is 7.99. The summed E-state index contributed by atoms with van der Waals surface area (Å²) in [7, 11) is 2.17. The molecule has 0 atom stereocenters. The molecule has 1 aromatic carbocycles. The molecule has 0 unspecified atom stereocenters. The first-order chi connectivity index (χ1) is 10.7. The number of amides is 1. The van der Waals surface area contributed by atoms with Gasteiger partial charge in [-0.05, 0) is 6.07 Å². The van der Waals surface area contributed by atoms with Gasteiger partial charge in [0.05, 0.1) is 44.5 Å². The number of hydrogen-bond donors (Lipinski definition) is 2. The molecule has 0 saturated carbocycles. The van der Waals surface area contributed by atoms with Gasteiger partial charge in [-0.1, -0.05) is 30.0 Å². The zero-order valence-electron chi connectivity index (χ0n) is 12.6. The van der Waals surface area contributed by atoms with Crippen molar-refractivity contribution in [3.8, 4) is 0 Å². The molecule has 1 amide bonds. The van der Waals surface area contributed by atoms with Gasteiger partial charge in [-0.25, -0.2) is 15.0 Å². The summed E-state index contributed by atoms with van der Waals surface area (Å²) in [6.45, 7) is 3.91. The van der Waals surface area contributed by atoms with E-state index in [2.05, 4.69) is 22.4 Å². The Morgan fingerprint density at radius 3 is 2.95 bits per heavy atom. The van der Waals surface area contributed by atoms with Crippen LogP contribution in [0, 0.1) is 0 Å². The second-order valence-corrected chi connectivity index (χ2v) is 6.42. The fourth-order valence-electron chi connectivity index (χ4n) is 2.36. The van der Waals surface area contributed by atoms with E-state index in [1.54, 1.807) is 6.20 Å². The number of hydrogen-bond acceptors (Lipinski definition) is 5. The first-order valence-corrected chi connectivity index (χ1v) is 8.39. The normalized spacial score (nSPS) is 16.8. The van der Waals surface area contributed by atoms with Crippen LogP contribution in [0.15, 0.2) is 35.6 Å². The molecule has 0 spiro atoms. The minimum absolute atomic E-state index is 0.00121. The Labute approximate surface area is 133 Å². The molecule has 1 fully saturated rings. The van der Waals surface area contributed by atoms with Crippen molar-refractivity contribution in [3.63, 3.8) is 0 Å². The lowest BCUT2D eigenvalue weighted by atomic mass is 10.2. The molecule has 3 rings (SSSR count). The SMILES string of the molecule is C[NH+]1CCN(NC(=O)CSc2ncc3ccccc3n2)CC1. The number of para-hydroxylation sites is 1. The summed E-state index contributed by atoms with van der Waals surface area (Å²) in [6.07, 6.45) is 1.80. The van der Waals surface area contributed by atoms with Crippen LogP contribution in [0.5, 0.6) is 0 Å². The topological polar surface area (TPSA) is 62.6 Å². The molecule has 22 heavy (non-hydrogen) atoms. The van der Waals surface area contributed by atoms with Crippen molar-refractivity contribution in [2.24, 2.45) is 0 Å². The highest BCUT2D eigenvalue weighted by Crippen LogP contribution is 2.16. The van der Waals surface area contributed by atoms with E-state index in [4.69, 9.17) is 0 Å². The summed E-state index contributed by atoms with van der Waals surface area (Å²) in [5, 5.41) is 3.64. The van der Waals surface area contributed by atoms with Crippen LogP contribution in [0.2, 0.25) is 0 Å². The molecule has 1 saturated heterocycles. The van der Waals surface area contributed by atoms with Gasteiger partial charge in [0.25, 0.3) is 0 Å². The van der Waals surface area contributed by atoms with Crippen LogP contribution in [0.4, 0.5) is 0 Å². The number of benzene rings is 1. The molecule has 0 bridgehead atoms. The molecule has 6 nitrogen and oxygen atoms in total. The predicted molar refractivity (Wildman–Crippen MR) is 86.6 cm³/mol. The number of carbonyl (C=O) groups is 1. The second kappa shape index (κ2) is 7.04. The fraction of sp³-hybridized carbons (Fsp3) is 0.400. The number of thioether (sulfide) groups is 1. The summed E-state index contributed by atoms with van der Waals surface area (Å²) in [4.78, 5) is 22.2. The molecule has 0 radical (unpaired) electrons. The summed E-state index contributed by atoms with van der Waals surface area (Å²) in [5.74, 6) is 0.332. The highest BCUT2D eigenvalue weighted by atomic mass is 32.2. The van der Waals surface area contributed by atoms with Gasteiger partial charge in [-0.15, -0.1) is 0 Å². The summed E-state index contributed by atoms with van der Waals surface area (Å²) in [5.41, 5.74) is 3.86. The van der Waals surface area contributed by atoms with Gasteiger partial charge < -0.3 is 4.90 Å².